The summed E-state index contributed by atoms with van der Waals surface area (Å²) < 4.78 is 1.67. The van der Waals surface area contributed by atoms with E-state index in [0.717, 1.165) is 29.9 Å². The van der Waals surface area contributed by atoms with Gasteiger partial charge in [-0.05, 0) is 57.5 Å². The zero-order valence-electron chi connectivity index (χ0n) is 17.4. The van der Waals surface area contributed by atoms with E-state index >= 15 is 0 Å². The molecule has 0 spiro atoms. The van der Waals surface area contributed by atoms with E-state index < -0.39 is 6.04 Å². The molecule has 30 heavy (non-hydrogen) atoms. The highest BCUT2D eigenvalue weighted by molar-refractivity contribution is 6.34. The fraction of sp³-hybridized carbons (Fsp3) is 0.333. The van der Waals surface area contributed by atoms with Crippen LogP contribution in [-0.2, 0) is 11.2 Å². The van der Waals surface area contributed by atoms with Crippen LogP contribution < -0.4 is 10.6 Å². The Labute approximate surface area is 180 Å². The van der Waals surface area contributed by atoms with Crippen molar-refractivity contribution < 1.29 is 9.59 Å². The number of carbonyl (C=O) groups excluding carboxylic acids is 2. The molecule has 158 valence electrons. The second-order valence-electron chi connectivity index (χ2n) is 7.21. The van der Waals surface area contributed by atoms with Crippen molar-refractivity contribution in [2.45, 2.75) is 46.6 Å². The number of halogens is 1. The molecule has 0 bridgehead atoms. The van der Waals surface area contributed by atoms with E-state index in [2.05, 4.69) is 32.9 Å². The van der Waals surface area contributed by atoms with Gasteiger partial charge in [0.2, 0.25) is 5.91 Å². The van der Waals surface area contributed by atoms with E-state index in [1.165, 1.54) is 0 Å². The summed E-state index contributed by atoms with van der Waals surface area (Å²) in [5, 5.41) is 17.1. The first kappa shape index (κ1) is 21.6. The summed E-state index contributed by atoms with van der Waals surface area (Å²) in [5.41, 5.74) is 3.94. The maximum absolute atomic E-state index is 12.6. The average molecular weight is 429 g/mol. The van der Waals surface area contributed by atoms with Crippen molar-refractivity contribution in [3.05, 3.63) is 58.1 Å². The third-order valence-electron chi connectivity index (χ3n) is 4.66. The van der Waals surface area contributed by atoms with Crippen molar-refractivity contribution in [3.8, 4) is 0 Å². The van der Waals surface area contributed by atoms with Crippen molar-refractivity contribution >= 4 is 34.8 Å². The van der Waals surface area contributed by atoms with Gasteiger partial charge < -0.3 is 10.6 Å². The number of nitrogens with zero attached hydrogens (tertiary/aromatic N) is 3. The van der Waals surface area contributed by atoms with Gasteiger partial charge in [0, 0.05) is 17.1 Å². The van der Waals surface area contributed by atoms with Crippen LogP contribution in [0.25, 0.3) is 0 Å². The SMILES string of the molecule is CCCc1cc(C(=O)Nc2ccc(NC(=O)C(C)n3nc(C)cc3C)c(Cl)c2)n[nH]1. The molecule has 8 nitrogen and oxygen atoms in total. The second kappa shape index (κ2) is 9.13. The van der Waals surface area contributed by atoms with E-state index in [-0.39, 0.29) is 11.8 Å². The summed E-state index contributed by atoms with van der Waals surface area (Å²) in [6.45, 7) is 7.61. The minimum absolute atomic E-state index is 0.236. The van der Waals surface area contributed by atoms with Crippen LogP contribution in [-0.4, -0.2) is 31.8 Å². The molecule has 2 heterocycles. The van der Waals surface area contributed by atoms with Gasteiger partial charge in [-0.15, -0.1) is 0 Å². The molecule has 3 N–H and O–H groups in total. The Morgan fingerprint density at radius 1 is 1.20 bits per heavy atom. The number of hydrogen-bond donors (Lipinski definition) is 3. The molecule has 1 unspecified atom stereocenters. The summed E-state index contributed by atoms with van der Waals surface area (Å²) in [5.74, 6) is -0.570. The van der Waals surface area contributed by atoms with Crippen LogP contribution in [0.5, 0.6) is 0 Å². The number of benzene rings is 1. The lowest BCUT2D eigenvalue weighted by atomic mass is 10.2. The molecule has 9 heteroatoms. The first-order chi connectivity index (χ1) is 14.3. The lowest BCUT2D eigenvalue weighted by molar-refractivity contribution is -0.119. The van der Waals surface area contributed by atoms with E-state index in [9.17, 15) is 9.59 Å². The molecule has 3 aromatic rings. The van der Waals surface area contributed by atoms with Crippen LogP contribution >= 0.6 is 11.6 Å². The van der Waals surface area contributed by atoms with E-state index in [1.54, 1.807) is 35.9 Å². The lowest BCUT2D eigenvalue weighted by Crippen LogP contribution is -2.25. The quantitative estimate of drug-likeness (QED) is 0.522. The van der Waals surface area contributed by atoms with Gasteiger partial charge in [0.05, 0.1) is 16.4 Å². The van der Waals surface area contributed by atoms with Crippen molar-refractivity contribution in [3.63, 3.8) is 0 Å². The van der Waals surface area contributed by atoms with Crippen LogP contribution in [0.2, 0.25) is 5.02 Å². The topological polar surface area (TPSA) is 105 Å². The Balaban J connectivity index is 1.66. The summed E-state index contributed by atoms with van der Waals surface area (Å²) >= 11 is 6.32. The van der Waals surface area contributed by atoms with Crippen LogP contribution in [0, 0.1) is 13.8 Å². The molecule has 2 aromatic heterocycles. The number of H-pyrrole nitrogens is 1. The molecule has 0 saturated carbocycles. The number of hydrogen-bond acceptors (Lipinski definition) is 4. The maximum Gasteiger partial charge on any atom is 0.276 e. The third kappa shape index (κ3) is 4.88. The number of aryl methyl sites for hydroxylation is 3. The summed E-state index contributed by atoms with van der Waals surface area (Å²) in [6, 6.07) is 8.06. The molecule has 0 aliphatic rings. The van der Waals surface area contributed by atoms with E-state index in [1.807, 2.05) is 19.9 Å². The molecule has 1 atom stereocenters. The van der Waals surface area contributed by atoms with E-state index in [0.29, 0.717) is 22.1 Å². The van der Waals surface area contributed by atoms with Crippen LogP contribution in [0.1, 0.15) is 53.9 Å². The number of carbonyl (C=O) groups is 2. The predicted octanol–water partition coefficient (Wildman–Crippen LogP) is 4.28. The first-order valence-electron chi connectivity index (χ1n) is 9.77. The summed E-state index contributed by atoms with van der Waals surface area (Å²) in [6.07, 6.45) is 1.79. The minimum Gasteiger partial charge on any atom is -0.323 e. The number of rotatable bonds is 7. The van der Waals surface area contributed by atoms with Gasteiger partial charge in [-0.3, -0.25) is 19.4 Å². The van der Waals surface area contributed by atoms with Gasteiger partial charge in [-0.2, -0.15) is 10.2 Å². The molecule has 0 radical (unpaired) electrons. The highest BCUT2D eigenvalue weighted by Crippen LogP contribution is 2.27. The Morgan fingerprint density at radius 2 is 1.97 bits per heavy atom. The normalized spacial score (nSPS) is 11.9. The van der Waals surface area contributed by atoms with Gasteiger partial charge in [-0.1, -0.05) is 24.9 Å². The Kier molecular flexibility index (Phi) is 6.56. The van der Waals surface area contributed by atoms with Gasteiger partial charge in [0.1, 0.15) is 6.04 Å². The van der Waals surface area contributed by atoms with E-state index in [4.69, 9.17) is 11.6 Å². The molecular weight excluding hydrogens is 404 g/mol. The lowest BCUT2D eigenvalue weighted by Gasteiger charge is -2.15. The van der Waals surface area contributed by atoms with Crippen molar-refractivity contribution in [1.82, 2.24) is 20.0 Å². The Hall–Kier alpha value is -3.13. The Morgan fingerprint density at radius 3 is 2.60 bits per heavy atom. The average Bonchev–Trinajstić information content (AvgIpc) is 3.29. The van der Waals surface area contributed by atoms with Crippen molar-refractivity contribution in [2.75, 3.05) is 10.6 Å². The smallest absolute Gasteiger partial charge is 0.276 e. The number of nitrogens with one attached hydrogen (secondary N) is 3. The summed E-state index contributed by atoms with van der Waals surface area (Å²) in [7, 11) is 0. The third-order valence-corrected chi connectivity index (χ3v) is 4.97. The second-order valence-corrected chi connectivity index (χ2v) is 7.62. The molecule has 3 rings (SSSR count). The fourth-order valence-electron chi connectivity index (χ4n) is 3.15. The number of aromatic nitrogens is 4. The predicted molar refractivity (Wildman–Crippen MR) is 117 cm³/mol. The fourth-order valence-corrected chi connectivity index (χ4v) is 3.38. The molecule has 0 fully saturated rings. The number of amides is 2. The molecule has 1 aromatic carbocycles. The van der Waals surface area contributed by atoms with Gasteiger partial charge in [0.25, 0.3) is 5.91 Å². The number of aromatic amines is 1. The highest BCUT2D eigenvalue weighted by Gasteiger charge is 2.19. The van der Waals surface area contributed by atoms with Crippen molar-refractivity contribution in [2.24, 2.45) is 0 Å². The molecular formula is C21H25ClN6O2. The van der Waals surface area contributed by atoms with Crippen LogP contribution in [0.4, 0.5) is 11.4 Å². The summed E-state index contributed by atoms with van der Waals surface area (Å²) in [4.78, 5) is 25.0. The first-order valence-corrected chi connectivity index (χ1v) is 10.1. The molecule has 0 aliphatic carbocycles. The Bertz CT molecular complexity index is 1070. The van der Waals surface area contributed by atoms with Crippen LogP contribution in [0.15, 0.2) is 30.3 Å². The molecule has 0 saturated heterocycles. The standard InChI is InChI=1S/C21H25ClN6O2/c1-5-6-16-11-19(26-25-16)21(30)23-15-7-8-18(17(22)10-15)24-20(29)14(4)28-13(3)9-12(2)27-28/h7-11,14H,5-6H2,1-4H3,(H,23,30)(H,24,29)(H,25,26). The number of anilines is 2. The van der Waals surface area contributed by atoms with Crippen LogP contribution in [0.3, 0.4) is 0 Å². The maximum atomic E-state index is 12.6. The monoisotopic (exact) mass is 428 g/mol. The molecule has 0 aliphatic heterocycles. The van der Waals surface area contributed by atoms with Gasteiger partial charge >= 0.3 is 0 Å². The van der Waals surface area contributed by atoms with Gasteiger partial charge in [-0.25, -0.2) is 0 Å². The zero-order chi connectivity index (χ0) is 21.8. The van der Waals surface area contributed by atoms with Crippen molar-refractivity contribution in [1.29, 1.82) is 0 Å². The zero-order valence-corrected chi connectivity index (χ0v) is 18.2. The molecule has 2 amide bonds. The highest BCUT2D eigenvalue weighted by atomic mass is 35.5. The largest absolute Gasteiger partial charge is 0.323 e. The van der Waals surface area contributed by atoms with Gasteiger partial charge in [0.15, 0.2) is 5.69 Å². The minimum atomic E-state index is -0.494.